The lowest BCUT2D eigenvalue weighted by molar-refractivity contribution is -0.144. The van der Waals surface area contributed by atoms with Crippen LogP contribution in [0.1, 0.15) is 26.1 Å². The molecule has 0 aromatic carbocycles. The Morgan fingerprint density at radius 3 is 2.88 bits per heavy atom. The van der Waals surface area contributed by atoms with Crippen LogP contribution in [-0.4, -0.2) is 51.3 Å². The molecule has 17 heavy (non-hydrogen) atoms. The molecular weight excluding hydrogens is 222 g/mol. The van der Waals surface area contributed by atoms with Crippen molar-refractivity contribution in [3.05, 3.63) is 5.82 Å². The Morgan fingerprint density at radius 1 is 1.47 bits per heavy atom. The molecule has 0 fully saturated rings. The van der Waals surface area contributed by atoms with Crippen molar-refractivity contribution in [2.75, 3.05) is 20.2 Å². The molecule has 1 rings (SSSR count). The summed E-state index contributed by atoms with van der Waals surface area (Å²) < 4.78 is 6.62. The minimum Gasteiger partial charge on any atom is -0.465 e. The number of ether oxygens (including phenoxy) is 1. The molecule has 7 nitrogen and oxygen atoms in total. The standard InChI is InChI=1S/C10H19N5O2/c1-4-6-15-9(11-12-13-15)7-14(3)8-10(16)17-5-2/h4-8H2,1-3H3. The summed E-state index contributed by atoms with van der Waals surface area (Å²) in [6.45, 7) is 5.82. The van der Waals surface area contributed by atoms with Gasteiger partial charge in [0, 0.05) is 6.54 Å². The van der Waals surface area contributed by atoms with Crippen molar-refractivity contribution < 1.29 is 9.53 Å². The van der Waals surface area contributed by atoms with Crippen molar-refractivity contribution in [2.24, 2.45) is 0 Å². The topological polar surface area (TPSA) is 73.1 Å². The van der Waals surface area contributed by atoms with Crippen molar-refractivity contribution in [3.63, 3.8) is 0 Å². The van der Waals surface area contributed by atoms with Crippen molar-refractivity contribution in [3.8, 4) is 0 Å². The number of nitrogens with zero attached hydrogens (tertiary/aromatic N) is 5. The fraction of sp³-hybridized carbons (Fsp3) is 0.800. The number of likely N-dealkylation sites (N-methyl/N-ethyl adjacent to an activating group) is 1. The van der Waals surface area contributed by atoms with Crippen LogP contribution in [0.4, 0.5) is 0 Å². The van der Waals surface area contributed by atoms with Gasteiger partial charge in [0.15, 0.2) is 5.82 Å². The van der Waals surface area contributed by atoms with Gasteiger partial charge in [-0.05, 0) is 30.8 Å². The first-order chi connectivity index (χ1) is 8.17. The first-order valence-electron chi connectivity index (χ1n) is 5.76. The third kappa shape index (κ3) is 4.48. The van der Waals surface area contributed by atoms with Crippen LogP contribution < -0.4 is 0 Å². The highest BCUT2D eigenvalue weighted by atomic mass is 16.5. The molecule has 7 heteroatoms. The maximum Gasteiger partial charge on any atom is 0.320 e. The number of hydrogen-bond donors (Lipinski definition) is 0. The number of hydrogen-bond acceptors (Lipinski definition) is 6. The Hall–Kier alpha value is -1.50. The van der Waals surface area contributed by atoms with Crippen molar-refractivity contribution in [2.45, 2.75) is 33.4 Å². The van der Waals surface area contributed by atoms with Gasteiger partial charge in [-0.1, -0.05) is 6.92 Å². The first-order valence-corrected chi connectivity index (χ1v) is 5.76. The molecule has 1 aromatic rings. The van der Waals surface area contributed by atoms with Gasteiger partial charge >= 0.3 is 5.97 Å². The van der Waals surface area contributed by atoms with Crippen LogP contribution >= 0.6 is 0 Å². The summed E-state index contributed by atoms with van der Waals surface area (Å²) in [4.78, 5) is 13.1. The number of carbonyl (C=O) groups is 1. The third-order valence-electron chi connectivity index (χ3n) is 2.16. The monoisotopic (exact) mass is 241 g/mol. The van der Waals surface area contributed by atoms with Crippen LogP contribution in [0.3, 0.4) is 0 Å². The van der Waals surface area contributed by atoms with E-state index in [1.165, 1.54) is 0 Å². The molecule has 0 aliphatic rings. The van der Waals surface area contributed by atoms with E-state index in [9.17, 15) is 4.79 Å². The summed E-state index contributed by atoms with van der Waals surface area (Å²) in [6, 6.07) is 0. The minimum absolute atomic E-state index is 0.232. The smallest absolute Gasteiger partial charge is 0.320 e. The first kappa shape index (κ1) is 13.6. The maximum atomic E-state index is 11.3. The summed E-state index contributed by atoms with van der Waals surface area (Å²) in [5, 5.41) is 11.5. The van der Waals surface area contributed by atoms with Gasteiger partial charge in [-0.3, -0.25) is 9.69 Å². The average molecular weight is 241 g/mol. The molecule has 0 radical (unpaired) electrons. The predicted octanol–water partition coefficient (Wildman–Crippen LogP) is 0.0780. The lowest BCUT2D eigenvalue weighted by atomic mass is 10.4. The largest absolute Gasteiger partial charge is 0.465 e. The highest BCUT2D eigenvalue weighted by Crippen LogP contribution is 1.99. The molecule has 0 aliphatic heterocycles. The molecule has 0 saturated heterocycles. The predicted molar refractivity (Wildman–Crippen MR) is 61.1 cm³/mol. The van der Waals surface area contributed by atoms with Gasteiger partial charge in [-0.2, -0.15) is 0 Å². The molecule has 0 saturated carbocycles. The Labute approximate surface area is 101 Å². The van der Waals surface area contributed by atoms with E-state index in [4.69, 9.17) is 4.74 Å². The molecule has 0 N–H and O–H groups in total. The molecule has 1 aromatic heterocycles. The van der Waals surface area contributed by atoms with E-state index in [0.29, 0.717) is 13.2 Å². The third-order valence-corrected chi connectivity index (χ3v) is 2.16. The van der Waals surface area contributed by atoms with Crippen LogP contribution in [0.15, 0.2) is 0 Å². The zero-order chi connectivity index (χ0) is 12.7. The number of aromatic nitrogens is 4. The fourth-order valence-corrected chi connectivity index (χ4v) is 1.45. The number of esters is 1. The van der Waals surface area contributed by atoms with Crippen LogP contribution in [0.25, 0.3) is 0 Å². The quantitative estimate of drug-likeness (QED) is 0.629. The molecular formula is C10H19N5O2. The van der Waals surface area contributed by atoms with Crippen molar-refractivity contribution in [1.82, 2.24) is 25.1 Å². The molecule has 0 unspecified atom stereocenters. The van der Waals surface area contributed by atoms with Gasteiger partial charge in [-0.25, -0.2) is 4.68 Å². The molecule has 0 atom stereocenters. The number of tetrazole rings is 1. The zero-order valence-corrected chi connectivity index (χ0v) is 10.6. The van der Waals surface area contributed by atoms with E-state index in [1.807, 2.05) is 11.9 Å². The Balaban J connectivity index is 2.46. The maximum absolute atomic E-state index is 11.3. The molecule has 0 amide bonds. The summed E-state index contributed by atoms with van der Waals surface area (Å²) in [6.07, 6.45) is 0.972. The van der Waals surface area contributed by atoms with Crippen LogP contribution in [-0.2, 0) is 22.6 Å². The van der Waals surface area contributed by atoms with E-state index in [0.717, 1.165) is 18.8 Å². The normalized spacial score (nSPS) is 10.8. The molecule has 0 spiro atoms. The molecule has 1 heterocycles. The van der Waals surface area contributed by atoms with E-state index >= 15 is 0 Å². The minimum atomic E-state index is -0.232. The summed E-state index contributed by atoms with van der Waals surface area (Å²) >= 11 is 0. The number of rotatable bonds is 7. The number of carbonyl (C=O) groups excluding carboxylic acids is 1. The van der Waals surface area contributed by atoms with Gasteiger partial charge in [0.05, 0.1) is 19.7 Å². The second kappa shape index (κ2) is 6.95. The molecule has 96 valence electrons. The second-order valence-corrected chi connectivity index (χ2v) is 3.80. The van der Waals surface area contributed by atoms with Crippen molar-refractivity contribution >= 4 is 5.97 Å². The van der Waals surface area contributed by atoms with Gasteiger partial charge in [0.25, 0.3) is 0 Å². The molecule has 0 bridgehead atoms. The van der Waals surface area contributed by atoms with E-state index < -0.39 is 0 Å². The van der Waals surface area contributed by atoms with Gasteiger partial charge in [-0.15, -0.1) is 5.10 Å². The Kier molecular flexibility index (Phi) is 5.55. The lowest BCUT2D eigenvalue weighted by Crippen LogP contribution is -2.28. The van der Waals surface area contributed by atoms with Gasteiger partial charge in [0.1, 0.15) is 0 Å². The van der Waals surface area contributed by atoms with Gasteiger partial charge < -0.3 is 4.74 Å². The van der Waals surface area contributed by atoms with Crippen LogP contribution in [0.5, 0.6) is 0 Å². The van der Waals surface area contributed by atoms with Crippen LogP contribution in [0.2, 0.25) is 0 Å². The lowest BCUT2D eigenvalue weighted by Gasteiger charge is -2.14. The Morgan fingerprint density at radius 2 is 2.24 bits per heavy atom. The second-order valence-electron chi connectivity index (χ2n) is 3.80. The van der Waals surface area contributed by atoms with Crippen molar-refractivity contribution in [1.29, 1.82) is 0 Å². The fourth-order valence-electron chi connectivity index (χ4n) is 1.45. The average Bonchev–Trinajstić information content (AvgIpc) is 2.66. The summed E-state index contributed by atoms with van der Waals surface area (Å²) in [7, 11) is 1.84. The highest BCUT2D eigenvalue weighted by Gasteiger charge is 2.12. The Bertz CT molecular complexity index is 352. The van der Waals surface area contributed by atoms with E-state index in [2.05, 4.69) is 22.4 Å². The summed E-state index contributed by atoms with van der Waals surface area (Å²) in [5.74, 6) is 0.531. The SMILES string of the molecule is CCCn1nnnc1CN(C)CC(=O)OCC. The van der Waals surface area contributed by atoms with E-state index in [1.54, 1.807) is 11.6 Å². The summed E-state index contributed by atoms with van der Waals surface area (Å²) in [5.41, 5.74) is 0. The number of aryl methyl sites for hydroxylation is 1. The molecule has 0 aliphatic carbocycles. The highest BCUT2D eigenvalue weighted by molar-refractivity contribution is 5.71. The zero-order valence-electron chi connectivity index (χ0n) is 10.6. The van der Waals surface area contributed by atoms with E-state index in [-0.39, 0.29) is 12.5 Å². The van der Waals surface area contributed by atoms with Gasteiger partial charge in [0.2, 0.25) is 0 Å². The van der Waals surface area contributed by atoms with Crippen LogP contribution in [0, 0.1) is 0 Å².